The van der Waals surface area contributed by atoms with Gasteiger partial charge in [0.25, 0.3) is 0 Å². The third kappa shape index (κ3) is 3.86. The second-order valence-electron chi connectivity index (χ2n) is 6.09. The monoisotopic (exact) mass is 374 g/mol. The van der Waals surface area contributed by atoms with Crippen molar-refractivity contribution in [1.82, 2.24) is 0 Å². The minimum Gasteiger partial charge on any atom is -0.493 e. The summed E-state index contributed by atoms with van der Waals surface area (Å²) in [5.41, 5.74) is 1.11. The fraction of sp³-hybridized carbons (Fsp3) is 0.421. The van der Waals surface area contributed by atoms with Gasteiger partial charge in [-0.25, -0.2) is 4.79 Å². The molecule has 1 aliphatic rings. The first kappa shape index (κ1) is 19.9. The highest BCUT2D eigenvalue weighted by molar-refractivity contribution is 8.17. The van der Waals surface area contributed by atoms with Gasteiger partial charge in [0.05, 0.1) is 37.0 Å². The van der Waals surface area contributed by atoms with Crippen LogP contribution in [0.4, 0.5) is 0 Å². The number of hydrogen-bond donors (Lipinski definition) is 1. The molecule has 0 amide bonds. The van der Waals surface area contributed by atoms with Gasteiger partial charge in [0.15, 0.2) is 11.5 Å². The molecule has 0 aliphatic carbocycles. The molecule has 0 bridgehead atoms. The van der Waals surface area contributed by atoms with Gasteiger partial charge >= 0.3 is 5.97 Å². The molecule has 26 heavy (non-hydrogen) atoms. The Balaban J connectivity index is 2.60. The maximum atomic E-state index is 12.4. The molecule has 7 heteroatoms. The molecular formula is C19H22N2O4S. The number of hydrogen-bond acceptors (Lipinski definition) is 7. The van der Waals surface area contributed by atoms with E-state index >= 15 is 0 Å². The predicted molar refractivity (Wildman–Crippen MR) is 101 cm³/mol. The Morgan fingerprint density at radius 2 is 2.00 bits per heavy atom. The standard InChI is InChI=1S/C19H22N2O4S/c1-10(2)25-14-7-6-12(8-15(14)23-4)17-13(9-20)18(21)26-11(3)16(17)19(22)24-5/h6-8,10,13,17,21H,1-5H3/t13-,17-/m0/s1. The second kappa shape index (κ2) is 8.28. The van der Waals surface area contributed by atoms with Gasteiger partial charge in [0.2, 0.25) is 0 Å². The first-order chi connectivity index (χ1) is 12.3. The zero-order chi connectivity index (χ0) is 19.4. The number of thioether (sulfide) groups is 1. The summed E-state index contributed by atoms with van der Waals surface area (Å²) in [5, 5.41) is 18.0. The predicted octanol–water partition coefficient (Wildman–Crippen LogP) is 3.88. The molecule has 1 aromatic rings. The molecule has 1 heterocycles. The van der Waals surface area contributed by atoms with Crippen LogP contribution in [0.1, 0.15) is 32.3 Å². The smallest absolute Gasteiger partial charge is 0.335 e. The summed E-state index contributed by atoms with van der Waals surface area (Å²) in [7, 11) is 2.85. The number of esters is 1. The fourth-order valence-corrected chi connectivity index (χ4v) is 3.89. The quantitative estimate of drug-likeness (QED) is 0.786. The van der Waals surface area contributed by atoms with Gasteiger partial charge in [-0.1, -0.05) is 17.8 Å². The fourth-order valence-electron chi connectivity index (χ4n) is 2.92. The van der Waals surface area contributed by atoms with Crippen molar-refractivity contribution in [1.29, 1.82) is 10.7 Å². The highest BCUT2D eigenvalue weighted by atomic mass is 32.2. The van der Waals surface area contributed by atoms with Crippen molar-refractivity contribution in [3.63, 3.8) is 0 Å². The summed E-state index contributed by atoms with van der Waals surface area (Å²) in [4.78, 5) is 13.0. The molecule has 0 fully saturated rings. The van der Waals surface area contributed by atoms with Crippen LogP contribution >= 0.6 is 11.8 Å². The number of nitriles is 1. The molecule has 0 saturated heterocycles. The summed E-state index contributed by atoms with van der Waals surface area (Å²) in [6.45, 7) is 5.60. The van der Waals surface area contributed by atoms with E-state index in [9.17, 15) is 10.1 Å². The average molecular weight is 374 g/mol. The van der Waals surface area contributed by atoms with E-state index in [4.69, 9.17) is 19.6 Å². The Morgan fingerprint density at radius 3 is 2.54 bits per heavy atom. The summed E-state index contributed by atoms with van der Waals surface area (Å²) in [6, 6.07) is 7.48. The molecule has 0 aromatic heterocycles. The van der Waals surface area contributed by atoms with E-state index in [1.54, 1.807) is 25.1 Å². The molecule has 1 aliphatic heterocycles. The highest BCUT2D eigenvalue weighted by Gasteiger charge is 2.40. The third-order valence-corrected chi connectivity index (χ3v) is 5.02. The maximum Gasteiger partial charge on any atom is 0.335 e. The lowest BCUT2D eigenvalue weighted by atomic mass is 9.80. The molecule has 138 valence electrons. The Kier molecular flexibility index (Phi) is 6.32. The van der Waals surface area contributed by atoms with E-state index < -0.39 is 17.8 Å². The first-order valence-electron chi connectivity index (χ1n) is 8.13. The number of rotatable bonds is 5. The van der Waals surface area contributed by atoms with Crippen molar-refractivity contribution >= 4 is 22.8 Å². The van der Waals surface area contributed by atoms with E-state index in [-0.39, 0.29) is 11.1 Å². The van der Waals surface area contributed by atoms with Crippen LogP contribution in [0.25, 0.3) is 0 Å². The first-order valence-corrected chi connectivity index (χ1v) is 8.95. The number of carbonyl (C=O) groups is 1. The SMILES string of the molecule is COC(=O)C1=C(C)SC(=N)[C@@H](C#N)[C@@H]1c1ccc(OC(C)C)c(OC)c1. The topological polar surface area (TPSA) is 92.4 Å². The number of ether oxygens (including phenoxy) is 3. The van der Waals surface area contributed by atoms with E-state index in [0.29, 0.717) is 27.5 Å². The van der Waals surface area contributed by atoms with Gasteiger partial charge in [-0.2, -0.15) is 5.26 Å². The highest BCUT2D eigenvalue weighted by Crippen LogP contribution is 2.46. The number of carbonyl (C=O) groups excluding carboxylic acids is 1. The van der Waals surface area contributed by atoms with Crippen molar-refractivity contribution in [3.8, 4) is 17.6 Å². The molecule has 1 aromatic carbocycles. The lowest BCUT2D eigenvalue weighted by Gasteiger charge is -2.30. The Morgan fingerprint density at radius 1 is 1.31 bits per heavy atom. The van der Waals surface area contributed by atoms with Gasteiger partial charge in [0, 0.05) is 5.92 Å². The van der Waals surface area contributed by atoms with E-state index in [0.717, 1.165) is 11.8 Å². The normalized spacial score (nSPS) is 20.0. The number of benzene rings is 1. The zero-order valence-corrected chi connectivity index (χ0v) is 16.3. The van der Waals surface area contributed by atoms with Gasteiger partial charge in [-0.3, -0.25) is 5.41 Å². The third-order valence-electron chi connectivity index (χ3n) is 4.02. The van der Waals surface area contributed by atoms with Gasteiger partial charge < -0.3 is 14.2 Å². The Bertz CT molecular complexity index is 795. The summed E-state index contributed by atoms with van der Waals surface area (Å²) < 4.78 is 16.1. The summed E-state index contributed by atoms with van der Waals surface area (Å²) in [5.74, 6) is -0.753. The van der Waals surface area contributed by atoms with E-state index in [1.807, 2.05) is 13.8 Å². The molecule has 6 nitrogen and oxygen atoms in total. The van der Waals surface area contributed by atoms with Crippen LogP contribution in [-0.4, -0.2) is 31.3 Å². The molecular weight excluding hydrogens is 352 g/mol. The second-order valence-corrected chi connectivity index (χ2v) is 7.35. The van der Waals surface area contributed by atoms with Crippen molar-refractivity contribution in [3.05, 3.63) is 34.2 Å². The van der Waals surface area contributed by atoms with Crippen molar-refractivity contribution < 1.29 is 19.0 Å². The molecule has 2 rings (SSSR count). The van der Waals surface area contributed by atoms with Crippen LogP contribution in [-0.2, 0) is 9.53 Å². The molecule has 0 spiro atoms. The van der Waals surface area contributed by atoms with Gasteiger partial charge in [0.1, 0.15) is 5.92 Å². The van der Waals surface area contributed by atoms with E-state index in [2.05, 4.69) is 6.07 Å². The summed E-state index contributed by atoms with van der Waals surface area (Å²) in [6.07, 6.45) is -0.0198. The van der Waals surface area contributed by atoms with Gasteiger partial charge in [-0.15, -0.1) is 0 Å². The zero-order valence-electron chi connectivity index (χ0n) is 15.5. The van der Waals surface area contributed by atoms with E-state index in [1.165, 1.54) is 14.2 Å². The average Bonchev–Trinajstić information content (AvgIpc) is 2.60. The molecule has 1 N–H and O–H groups in total. The molecule has 0 radical (unpaired) electrons. The van der Waals surface area contributed by atoms with Crippen molar-refractivity contribution in [2.24, 2.45) is 5.92 Å². The Labute approximate surface area is 157 Å². The number of allylic oxidation sites excluding steroid dienone is 1. The Hall–Kier alpha value is -2.46. The van der Waals surface area contributed by atoms with Crippen LogP contribution < -0.4 is 9.47 Å². The van der Waals surface area contributed by atoms with Crippen LogP contribution in [0, 0.1) is 22.7 Å². The summed E-state index contributed by atoms with van der Waals surface area (Å²) >= 11 is 1.13. The van der Waals surface area contributed by atoms with Crippen LogP contribution in [0.2, 0.25) is 0 Å². The van der Waals surface area contributed by atoms with Crippen molar-refractivity contribution in [2.75, 3.05) is 14.2 Å². The lowest BCUT2D eigenvalue weighted by molar-refractivity contribution is -0.136. The minimum atomic E-state index is -0.764. The lowest BCUT2D eigenvalue weighted by Crippen LogP contribution is -2.29. The maximum absolute atomic E-state index is 12.4. The molecule has 0 unspecified atom stereocenters. The van der Waals surface area contributed by atoms with Crippen LogP contribution in [0.3, 0.4) is 0 Å². The van der Waals surface area contributed by atoms with Crippen LogP contribution in [0.5, 0.6) is 11.5 Å². The number of nitrogens with zero attached hydrogens (tertiary/aromatic N) is 1. The number of nitrogens with one attached hydrogen (secondary N) is 1. The number of methoxy groups -OCH3 is 2. The van der Waals surface area contributed by atoms with Crippen molar-refractivity contribution in [2.45, 2.75) is 32.8 Å². The largest absolute Gasteiger partial charge is 0.493 e. The van der Waals surface area contributed by atoms with Crippen LogP contribution in [0.15, 0.2) is 28.7 Å². The molecule has 2 atom stereocenters. The minimum absolute atomic E-state index is 0.0198. The molecule has 0 saturated carbocycles. The van der Waals surface area contributed by atoms with Gasteiger partial charge in [-0.05, 0) is 43.4 Å².